The molecule has 4 rings (SSSR count). The number of ether oxygens (including phenoxy) is 2. The van der Waals surface area contributed by atoms with Gasteiger partial charge in [0.2, 0.25) is 0 Å². The Morgan fingerprint density at radius 3 is 2.50 bits per heavy atom. The number of nitrogens with one attached hydrogen (secondary N) is 1. The molecule has 6 nitrogen and oxygen atoms in total. The summed E-state index contributed by atoms with van der Waals surface area (Å²) in [6, 6.07) is 9.70. The van der Waals surface area contributed by atoms with Gasteiger partial charge in [-0.15, -0.1) is 13.2 Å². The maximum Gasteiger partial charge on any atom is 0.573 e. The Bertz CT molecular complexity index is 1070. The number of hydrogen-bond acceptors (Lipinski definition) is 5. The summed E-state index contributed by atoms with van der Waals surface area (Å²) in [7, 11) is -1.42. The Morgan fingerprint density at radius 1 is 1.17 bits per heavy atom. The quantitative estimate of drug-likeness (QED) is 0.744. The minimum Gasteiger partial charge on any atom is -0.496 e. The minimum absolute atomic E-state index is 0.0189. The average Bonchev–Trinajstić information content (AvgIpc) is 3.26. The average molecular weight is 442 g/mol. The summed E-state index contributed by atoms with van der Waals surface area (Å²) in [6.07, 6.45) is -4.00. The monoisotopic (exact) mass is 442 g/mol. The molecule has 10 heteroatoms. The van der Waals surface area contributed by atoms with Crippen molar-refractivity contribution in [3.63, 3.8) is 0 Å². The first-order chi connectivity index (χ1) is 14.1. The molecule has 1 heterocycles. The van der Waals surface area contributed by atoms with E-state index in [0.717, 1.165) is 35.4 Å². The van der Waals surface area contributed by atoms with Crippen molar-refractivity contribution >= 4 is 15.7 Å². The zero-order chi connectivity index (χ0) is 21.7. The van der Waals surface area contributed by atoms with Gasteiger partial charge < -0.3 is 14.8 Å². The van der Waals surface area contributed by atoms with Gasteiger partial charge in [-0.3, -0.25) is 4.31 Å². The van der Waals surface area contributed by atoms with Gasteiger partial charge in [-0.1, -0.05) is 12.1 Å². The third kappa shape index (κ3) is 3.47. The zero-order valence-electron chi connectivity index (χ0n) is 16.4. The van der Waals surface area contributed by atoms with Crippen LogP contribution in [-0.4, -0.2) is 42.0 Å². The molecule has 0 amide bonds. The lowest BCUT2D eigenvalue weighted by Crippen LogP contribution is -2.28. The number of anilines is 1. The van der Waals surface area contributed by atoms with Crippen molar-refractivity contribution in [2.45, 2.75) is 23.1 Å². The van der Waals surface area contributed by atoms with E-state index in [1.54, 1.807) is 12.1 Å². The molecule has 0 radical (unpaired) electrons. The molecule has 1 N–H and O–H groups in total. The van der Waals surface area contributed by atoms with Crippen molar-refractivity contribution in [3.8, 4) is 11.5 Å². The second-order valence-electron chi connectivity index (χ2n) is 7.54. The molecule has 2 unspecified atom stereocenters. The molecule has 0 spiro atoms. The Balaban J connectivity index is 1.73. The molecular formula is C20H21F3N2O4S. The summed E-state index contributed by atoms with van der Waals surface area (Å²) in [5.74, 6) is 0.428. The van der Waals surface area contributed by atoms with Gasteiger partial charge in [0.05, 0.1) is 17.7 Å². The number of halogens is 3. The van der Waals surface area contributed by atoms with Crippen LogP contribution < -0.4 is 19.1 Å². The van der Waals surface area contributed by atoms with E-state index in [-0.39, 0.29) is 16.0 Å². The fraction of sp³-hybridized carbons (Fsp3) is 0.400. The number of fused-ring (bicyclic) bond motifs is 1. The summed E-state index contributed by atoms with van der Waals surface area (Å²) in [5.41, 5.74) is 0.429. The van der Waals surface area contributed by atoms with Crippen molar-refractivity contribution in [2.75, 3.05) is 31.6 Å². The number of benzene rings is 2. The van der Waals surface area contributed by atoms with E-state index in [4.69, 9.17) is 4.74 Å². The van der Waals surface area contributed by atoms with Crippen LogP contribution in [0.1, 0.15) is 12.0 Å². The first-order valence-electron chi connectivity index (χ1n) is 9.31. The van der Waals surface area contributed by atoms with E-state index >= 15 is 0 Å². The second-order valence-corrected chi connectivity index (χ2v) is 9.51. The molecule has 0 aromatic heterocycles. The highest BCUT2D eigenvalue weighted by Gasteiger charge is 2.59. The Morgan fingerprint density at radius 2 is 1.90 bits per heavy atom. The number of hydrogen-bond donors (Lipinski definition) is 1. The van der Waals surface area contributed by atoms with E-state index in [2.05, 4.69) is 10.1 Å². The number of piperidine rings is 1. The molecule has 1 saturated carbocycles. The summed E-state index contributed by atoms with van der Waals surface area (Å²) in [5, 5.41) is 3.31. The maximum absolute atomic E-state index is 13.3. The number of nitrogens with zero attached hydrogens (tertiary/aromatic N) is 1. The van der Waals surface area contributed by atoms with Crippen LogP contribution in [0.15, 0.2) is 47.4 Å². The summed E-state index contributed by atoms with van der Waals surface area (Å²) < 4.78 is 75.1. The zero-order valence-corrected chi connectivity index (χ0v) is 17.2. The van der Waals surface area contributed by atoms with E-state index in [1.807, 2.05) is 0 Å². The van der Waals surface area contributed by atoms with Gasteiger partial charge in [0.15, 0.2) is 5.75 Å². The highest BCUT2D eigenvalue weighted by molar-refractivity contribution is 7.92. The topological polar surface area (TPSA) is 67.9 Å². The molecule has 30 heavy (non-hydrogen) atoms. The number of sulfonamides is 1. The fourth-order valence-corrected chi connectivity index (χ4v) is 5.44. The fourth-order valence-electron chi connectivity index (χ4n) is 4.21. The second kappa shape index (κ2) is 7.05. The first kappa shape index (κ1) is 20.8. The molecule has 2 aromatic rings. The lowest BCUT2D eigenvalue weighted by molar-refractivity contribution is -0.274. The molecule has 2 atom stereocenters. The van der Waals surface area contributed by atoms with Gasteiger partial charge in [-0.2, -0.15) is 0 Å². The molecule has 162 valence electrons. The third-order valence-electron chi connectivity index (χ3n) is 5.86. The Hall–Kier alpha value is -2.46. The van der Waals surface area contributed by atoms with Crippen LogP contribution in [0.3, 0.4) is 0 Å². The van der Waals surface area contributed by atoms with Crippen LogP contribution in [0.4, 0.5) is 18.9 Å². The SMILES string of the molecule is COc1ccc(S(=O)(=O)N(C)c2ccccc2OC(F)(F)F)cc1C12CNCC1C2. The number of methoxy groups -OCH3 is 1. The molecular weight excluding hydrogens is 421 g/mol. The molecule has 1 aliphatic carbocycles. The molecule has 0 bridgehead atoms. The third-order valence-corrected chi connectivity index (χ3v) is 7.63. The molecule has 2 aromatic carbocycles. The highest BCUT2D eigenvalue weighted by atomic mass is 32.2. The van der Waals surface area contributed by atoms with Crippen LogP contribution in [-0.2, 0) is 15.4 Å². The summed E-state index contributed by atoms with van der Waals surface area (Å²) >= 11 is 0. The predicted molar refractivity (Wildman–Crippen MR) is 104 cm³/mol. The van der Waals surface area contributed by atoms with Crippen LogP contribution in [0.25, 0.3) is 0 Å². The van der Waals surface area contributed by atoms with Gasteiger partial charge in [-0.25, -0.2) is 8.42 Å². The van der Waals surface area contributed by atoms with Gasteiger partial charge in [0, 0.05) is 24.6 Å². The van der Waals surface area contributed by atoms with Gasteiger partial charge in [0.25, 0.3) is 10.0 Å². The largest absolute Gasteiger partial charge is 0.573 e. The standard InChI is InChI=1S/C20H21F3N2O4S/c1-25(16-5-3-4-6-18(16)29-20(21,22)23)30(26,27)14-7-8-17(28-2)15(9-14)19-10-13(19)11-24-12-19/h3-9,13,24H,10-12H2,1-2H3. The smallest absolute Gasteiger partial charge is 0.496 e. The van der Waals surface area contributed by atoms with E-state index in [1.165, 1.54) is 38.4 Å². The lowest BCUT2D eigenvalue weighted by atomic mass is 9.94. The Kier molecular flexibility index (Phi) is 4.89. The number of alkyl halides is 3. The van der Waals surface area contributed by atoms with E-state index < -0.39 is 22.1 Å². The van der Waals surface area contributed by atoms with Crippen molar-refractivity contribution in [1.82, 2.24) is 5.32 Å². The van der Waals surface area contributed by atoms with Gasteiger partial charge >= 0.3 is 6.36 Å². The van der Waals surface area contributed by atoms with Gasteiger partial charge in [-0.05, 0) is 49.2 Å². The van der Waals surface area contributed by atoms with Crippen molar-refractivity contribution in [1.29, 1.82) is 0 Å². The van der Waals surface area contributed by atoms with E-state index in [9.17, 15) is 21.6 Å². The number of para-hydroxylation sites is 2. The van der Waals surface area contributed by atoms with Crippen molar-refractivity contribution in [3.05, 3.63) is 48.0 Å². The first-order valence-corrected chi connectivity index (χ1v) is 10.8. The van der Waals surface area contributed by atoms with E-state index in [0.29, 0.717) is 11.7 Å². The summed E-state index contributed by atoms with van der Waals surface area (Å²) in [4.78, 5) is -0.0189. The molecule has 2 fully saturated rings. The normalized spacial score (nSPS) is 23.0. The molecule has 1 saturated heterocycles. The lowest BCUT2D eigenvalue weighted by Gasteiger charge is -2.24. The maximum atomic E-state index is 13.3. The van der Waals surface area contributed by atoms with Crippen LogP contribution >= 0.6 is 0 Å². The molecule has 2 aliphatic rings. The van der Waals surface area contributed by atoms with Crippen LogP contribution in [0.2, 0.25) is 0 Å². The summed E-state index contributed by atoms with van der Waals surface area (Å²) in [6.45, 7) is 1.60. The van der Waals surface area contributed by atoms with Gasteiger partial charge in [0.1, 0.15) is 5.75 Å². The van der Waals surface area contributed by atoms with Crippen molar-refractivity contribution < 1.29 is 31.1 Å². The molecule has 1 aliphatic heterocycles. The highest BCUT2D eigenvalue weighted by Crippen LogP contribution is 2.58. The van der Waals surface area contributed by atoms with Crippen molar-refractivity contribution in [2.24, 2.45) is 5.92 Å². The van der Waals surface area contributed by atoms with Crippen LogP contribution in [0, 0.1) is 5.92 Å². The minimum atomic E-state index is -4.94. The Labute approximate surface area is 172 Å². The van der Waals surface area contributed by atoms with Crippen LogP contribution in [0.5, 0.6) is 11.5 Å². The predicted octanol–water partition coefficient (Wildman–Crippen LogP) is 3.28. The number of rotatable bonds is 6.